The highest BCUT2D eigenvalue weighted by molar-refractivity contribution is 7.00. The summed E-state index contributed by atoms with van der Waals surface area (Å²) >= 11 is 0. The van der Waals surface area contributed by atoms with Crippen LogP contribution in [-0.2, 0) is 5.41 Å². The number of hydrogen-bond donors (Lipinski definition) is 0. The highest BCUT2D eigenvalue weighted by Gasteiger charge is 2.46. The predicted molar refractivity (Wildman–Crippen MR) is 256 cm³/mol. The van der Waals surface area contributed by atoms with Gasteiger partial charge in [0.2, 0.25) is 0 Å². The number of rotatable bonds is 9. The highest BCUT2D eigenvalue weighted by Crippen LogP contribution is 2.49. The van der Waals surface area contributed by atoms with Crippen molar-refractivity contribution in [2.45, 2.75) is 111 Å². The average molecular weight is 773 g/mol. The van der Waals surface area contributed by atoms with Gasteiger partial charge in [-0.05, 0) is 136 Å². The lowest BCUT2D eigenvalue weighted by atomic mass is 9.33. The Morgan fingerprint density at radius 1 is 0.627 bits per heavy atom. The fourth-order valence-electron chi connectivity index (χ4n) is 10.3. The van der Waals surface area contributed by atoms with Gasteiger partial charge < -0.3 is 9.80 Å². The fourth-order valence-corrected chi connectivity index (χ4v) is 10.3. The standard InChI is InChI=1S/C56H61BN2/c1-36(2)40-20-26-47(27-21-40)58-51-30-24-42(38(5)6)32-49(51)57-50-33-43(39(7)8)25-31-52(50)59(48-28-22-41(23-29-48)37(3)4)54-35-46(34-53(58)55(54)57)56(9,44-16-12-10-13-17-44)45-18-14-11-15-19-45/h10-14,16-18,20-28,30-39,48H,15,19,29H2,1-9H3. The Morgan fingerprint density at radius 3 is 1.85 bits per heavy atom. The quantitative estimate of drug-likeness (QED) is 0.135. The van der Waals surface area contributed by atoms with E-state index in [2.05, 4.69) is 212 Å². The van der Waals surface area contributed by atoms with E-state index in [0.717, 1.165) is 19.3 Å². The maximum atomic E-state index is 2.74. The maximum absolute atomic E-state index is 2.74. The molecular weight excluding hydrogens is 711 g/mol. The molecule has 0 aromatic heterocycles. The Hall–Kier alpha value is -5.28. The maximum Gasteiger partial charge on any atom is 0.252 e. The zero-order chi connectivity index (χ0) is 41.2. The number of nitrogens with zero attached hydrogens (tertiary/aromatic N) is 2. The summed E-state index contributed by atoms with van der Waals surface area (Å²) in [7, 11) is 0. The van der Waals surface area contributed by atoms with E-state index in [1.54, 1.807) is 0 Å². The Labute approximate surface area is 355 Å². The highest BCUT2D eigenvalue weighted by atomic mass is 15.2. The molecule has 0 spiro atoms. The van der Waals surface area contributed by atoms with Gasteiger partial charge in [-0.3, -0.25) is 0 Å². The number of benzene rings is 5. The van der Waals surface area contributed by atoms with Crippen LogP contribution in [0.3, 0.4) is 0 Å². The first-order valence-corrected chi connectivity index (χ1v) is 22.4. The molecule has 5 aromatic carbocycles. The molecule has 0 bridgehead atoms. The van der Waals surface area contributed by atoms with Crippen LogP contribution < -0.4 is 26.2 Å². The predicted octanol–water partition coefficient (Wildman–Crippen LogP) is 13.3. The SMILES string of the molecule is CC(C)C1=CCC(N2c3ccc(C(C)C)cc3B3c4cc(C(C)C)ccc4N(c4ccc(C(C)C)cc4)c4cc(C(C)(C5=CC=CCC5)c5ccccc5)cc2c43)C=C1. The molecule has 5 aromatic rings. The second kappa shape index (κ2) is 15.4. The van der Waals surface area contributed by atoms with E-state index >= 15 is 0 Å². The molecule has 0 saturated carbocycles. The minimum atomic E-state index is -0.345. The molecule has 2 atom stereocenters. The van der Waals surface area contributed by atoms with E-state index in [-0.39, 0.29) is 18.2 Å². The van der Waals surface area contributed by atoms with Gasteiger partial charge in [0.05, 0.1) is 6.04 Å². The average Bonchev–Trinajstić information content (AvgIpc) is 3.26. The lowest BCUT2D eigenvalue weighted by Gasteiger charge is -2.48. The van der Waals surface area contributed by atoms with E-state index < -0.39 is 0 Å². The van der Waals surface area contributed by atoms with Crippen molar-refractivity contribution in [2.75, 3.05) is 9.80 Å². The van der Waals surface area contributed by atoms with Crippen molar-refractivity contribution in [1.29, 1.82) is 0 Å². The van der Waals surface area contributed by atoms with Gasteiger partial charge in [0.15, 0.2) is 0 Å². The number of anilines is 5. The molecule has 59 heavy (non-hydrogen) atoms. The summed E-state index contributed by atoms with van der Waals surface area (Å²) in [6.07, 6.45) is 17.5. The topological polar surface area (TPSA) is 6.48 Å². The first-order chi connectivity index (χ1) is 28.4. The monoisotopic (exact) mass is 772 g/mol. The van der Waals surface area contributed by atoms with Crippen LogP contribution in [0.25, 0.3) is 0 Å². The number of allylic oxidation sites excluding steroid dienone is 6. The van der Waals surface area contributed by atoms with Gasteiger partial charge >= 0.3 is 0 Å². The van der Waals surface area contributed by atoms with Crippen LogP contribution in [-0.4, -0.2) is 12.8 Å². The van der Waals surface area contributed by atoms with Crippen LogP contribution in [0.15, 0.2) is 151 Å². The first kappa shape index (κ1) is 39.2. The number of fused-ring (bicyclic) bond motifs is 4. The normalized spacial score (nSPS) is 17.9. The van der Waals surface area contributed by atoms with Gasteiger partial charge in [0, 0.05) is 33.9 Å². The summed E-state index contributed by atoms with van der Waals surface area (Å²) in [6, 6.07) is 40.9. The van der Waals surface area contributed by atoms with Gasteiger partial charge in [-0.1, -0.05) is 164 Å². The van der Waals surface area contributed by atoms with Crippen LogP contribution in [0, 0.1) is 5.92 Å². The molecule has 0 N–H and O–H groups in total. The van der Waals surface area contributed by atoms with Crippen molar-refractivity contribution in [2.24, 2.45) is 5.92 Å². The molecule has 2 unspecified atom stereocenters. The smallest absolute Gasteiger partial charge is 0.252 e. The van der Waals surface area contributed by atoms with E-state index in [1.165, 1.54) is 83.8 Å². The van der Waals surface area contributed by atoms with Crippen molar-refractivity contribution in [3.63, 3.8) is 0 Å². The third kappa shape index (κ3) is 6.66. The van der Waals surface area contributed by atoms with E-state index in [4.69, 9.17) is 0 Å². The molecule has 9 rings (SSSR count). The molecule has 2 nitrogen and oxygen atoms in total. The number of hydrogen-bond acceptors (Lipinski definition) is 2. The van der Waals surface area contributed by atoms with Crippen molar-refractivity contribution in [3.05, 3.63) is 179 Å². The van der Waals surface area contributed by atoms with Crippen LogP contribution in [0.1, 0.15) is 127 Å². The van der Waals surface area contributed by atoms with E-state index in [0.29, 0.717) is 23.7 Å². The Morgan fingerprint density at radius 2 is 1.25 bits per heavy atom. The molecular formula is C56H61BN2. The van der Waals surface area contributed by atoms with Gasteiger partial charge in [0.1, 0.15) is 0 Å². The first-order valence-electron chi connectivity index (χ1n) is 22.4. The van der Waals surface area contributed by atoms with Gasteiger partial charge in [-0.25, -0.2) is 0 Å². The molecule has 2 heterocycles. The van der Waals surface area contributed by atoms with E-state index in [9.17, 15) is 0 Å². The lowest BCUT2D eigenvalue weighted by molar-refractivity contribution is 0.633. The van der Waals surface area contributed by atoms with Crippen molar-refractivity contribution < 1.29 is 0 Å². The van der Waals surface area contributed by atoms with Crippen LogP contribution in [0.5, 0.6) is 0 Å². The van der Waals surface area contributed by atoms with Crippen molar-refractivity contribution in [3.8, 4) is 0 Å². The third-order valence-corrected chi connectivity index (χ3v) is 14.0. The second-order valence-electron chi connectivity index (χ2n) is 18.9. The van der Waals surface area contributed by atoms with E-state index in [1.807, 2.05) is 0 Å². The molecule has 2 aliphatic carbocycles. The van der Waals surface area contributed by atoms with Gasteiger partial charge in [0.25, 0.3) is 6.71 Å². The lowest BCUT2D eigenvalue weighted by Crippen LogP contribution is -2.63. The minimum Gasteiger partial charge on any atom is -0.335 e. The summed E-state index contributed by atoms with van der Waals surface area (Å²) in [6.45, 7) is 21.1. The summed E-state index contributed by atoms with van der Waals surface area (Å²) in [4.78, 5) is 5.35. The zero-order valence-corrected chi connectivity index (χ0v) is 36.8. The summed E-state index contributed by atoms with van der Waals surface area (Å²) < 4.78 is 0. The molecule has 4 aliphatic rings. The van der Waals surface area contributed by atoms with Gasteiger partial charge in [-0.15, -0.1) is 0 Å². The molecule has 2 aliphatic heterocycles. The summed E-state index contributed by atoms with van der Waals surface area (Å²) in [5.41, 5.74) is 20.1. The molecule has 0 saturated heterocycles. The summed E-state index contributed by atoms with van der Waals surface area (Å²) in [5, 5.41) is 0. The molecule has 0 radical (unpaired) electrons. The molecule has 0 amide bonds. The fraction of sp³-hybridized carbons (Fsp3) is 0.321. The molecule has 3 heteroatoms. The van der Waals surface area contributed by atoms with Gasteiger partial charge in [-0.2, -0.15) is 0 Å². The minimum absolute atomic E-state index is 0.0908. The van der Waals surface area contributed by atoms with Crippen LogP contribution in [0.2, 0.25) is 0 Å². The second-order valence-corrected chi connectivity index (χ2v) is 18.9. The Kier molecular flexibility index (Phi) is 10.2. The Balaban J connectivity index is 1.40. The van der Waals surface area contributed by atoms with Crippen molar-refractivity contribution in [1.82, 2.24) is 0 Å². The Bertz CT molecular complexity index is 2510. The molecule has 0 fully saturated rings. The molecule has 298 valence electrons. The largest absolute Gasteiger partial charge is 0.335 e. The summed E-state index contributed by atoms with van der Waals surface area (Å²) in [5.74, 6) is 1.81. The third-order valence-electron chi connectivity index (χ3n) is 14.0. The zero-order valence-electron chi connectivity index (χ0n) is 36.8. The van der Waals surface area contributed by atoms with Crippen LogP contribution >= 0.6 is 0 Å². The van der Waals surface area contributed by atoms with Crippen LogP contribution in [0.4, 0.5) is 28.4 Å². The van der Waals surface area contributed by atoms with Crippen molar-refractivity contribution >= 4 is 51.5 Å².